The van der Waals surface area contributed by atoms with Gasteiger partial charge in [0.1, 0.15) is 0 Å². The van der Waals surface area contributed by atoms with Gasteiger partial charge in [-0.2, -0.15) is 8.42 Å². The number of Topliss-reactive ketones (excluding diaryl/α,β-unsaturated/α-hetero) is 1. The quantitative estimate of drug-likeness (QED) is 0.722. The molecule has 6 nitrogen and oxygen atoms in total. The van der Waals surface area contributed by atoms with Gasteiger partial charge in [-0.25, -0.2) is 0 Å². The number of rotatable bonds is 6. The molecule has 0 radical (unpaired) electrons. The Hall–Kier alpha value is -2.41. The maximum Gasteiger partial charge on any atom is 0.309 e. The molecule has 1 unspecified atom stereocenters. The first-order chi connectivity index (χ1) is 12.3. The second-order valence-electron chi connectivity index (χ2n) is 6.33. The lowest BCUT2D eigenvalue weighted by Gasteiger charge is -2.11. The lowest BCUT2D eigenvalue weighted by Crippen LogP contribution is -2.14. The van der Waals surface area contributed by atoms with Gasteiger partial charge in [-0.15, -0.1) is 0 Å². The fourth-order valence-corrected chi connectivity index (χ4v) is 3.65. The summed E-state index contributed by atoms with van der Waals surface area (Å²) in [6, 6.07) is 7.01. The first-order valence-corrected chi connectivity index (χ1v) is 10.00. The molecule has 138 valence electrons. The minimum absolute atomic E-state index is 0.0215. The maximum atomic E-state index is 12.8. The van der Waals surface area contributed by atoms with Crippen LogP contribution < -0.4 is 8.92 Å². The van der Waals surface area contributed by atoms with Crippen molar-refractivity contribution in [2.24, 2.45) is 5.92 Å². The van der Waals surface area contributed by atoms with E-state index < -0.39 is 10.1 Å². The number of nitrogens with zero attached hydrogens (tertiary/aromatic N) is 1. The summed E-state index contributed by atoms with van der Waals surface area (Å²) in [5, 5.41) is 0. The van der Waals surface area contributed by atoms with Crippen LogP contribution in [0.1, 0.15) is 34.1 Å². The summed E-state index contributed by atoms with van der Waals surface area (Å²) in [5.74, 6) is 0.0160. The number of pyridine rings is 1. The van der Waals surface area contributed by atoms with Crippen LogP contribution in [0.25, 0.3) is 0 Å². The highest BCUT2D eigenvalue weighted by Gasteiger charge is 2.33. The van der Waals surface area contributed by atoms with E-state index in [-0.39, 0.29) is 29.0 Å². The maximum absolute atomic E-state index is 12.8. The van der Waals surface area contributed by atoms with E-state index in [1.165, 1.54) is 14.0 Å². The van der Waals surface area contributed by atoms with E-state index in [0.717, 1.165) is 16.8 Å². The topological polar surface area (TPSA) is 82.6 Å². The standard InChI is InChI=1S/C19H21NO5S/c1-4-26(22,23)25-18-10-13-8-14(9-16-12(2)6-5-7-20-16)19(21)15(13)11-17(18)24-3/h5-7,10-11,14H,4,8-9H2,1-3H3. The van der Waals surface area contributed by atoms with Crippen molar-refractivity contribution in [2.75, 3.05) is 12.9 Å². The Morgan fingerprint density at radius 1 is 1.27 bits per heavy atom. The molecule has 7 heteroatoms. The van der Waals surface area contributed by atoms with Crippen molar-refractivity contribution < 1.29 is 22.1 Å². The van der Waals surface area contributed by atoms with E-state index >= 15 is 0 Å². The van der Waals surface area contributed by atoms with Crippen molar-refractivity contribution in [1.82, 2.24) is 4.98 Å². The van der Waals surface area contributed by atoms with Gasteiger partial charge in [-0.3, -0.25) is 9.78 Å². The van der Waals surface area contributed by atoms with Crippen molar-refractivity contribution in [3.63, 3.8) is 0 Å². The Labute approximate surface area is 153 Å². The van der Waals surface area contributed by atoms with Crippen molar-refractivity contribution >= 4 is 15.9 Å². The molecule has 0 spiro atoms. The van der Waals surface area contributed by atoms with Crippen LogP contribution in [0.4, 0.5) is 0 Å². The van der Waals surface area contributed by atoms with Gasteiger partial charge in [0.05, 0.1) is 12.9 Å². The van der Waals surface area contributed by atoms with Gasteiger partial charge in [0.25, 0.3) is 0 Å². The highest BCUT2D eigenvalue weighted by molar-refractivity contribution is 7.87. The molecule has 0 fully saturated rings. The molecule has 1 heterocycles. The number of aromatic nitrogens is 1. The summed E-state index contributed by atoms with van der Waals surface area (Å²) in [4.78, 5) is 17.2. The predicted octanol–water partition coefficient (Wildman–Crippen LogP) is 2.72. The molecule has 1 aliphatic carbocycles. The molecular formula is C19H21NO5S. The SMILES string of the molecule is CCS(=O)(=O)Oc1cc2c(cc1OC)C(=O)C(Cc1ncccc1C)C2. The zero-order chi connectivity index (χ0) is 18.9. The lowest BCUT2D eigenvalue weighted by molar-refractivity contribution is 0.0935. The van der Waals surface area contributed by atoms with Crippen molar-refractivity contribution in [2.45, 2.75) is 26.7 Å². The van der Waals surface area contributed by atoms with Crippen molar-refractivity contribution in [1.29, 1.82) is 0 Å². The van der Waals surface area contributed by atoms with Crippen LogP contribution in [-0.4, -0.2) is 32.0 Å². The van der Waals surface area contributed by atoms with Gasteiger partial charge in [-0.1, -0.05) is 6.07 Å². The zero-order valence-electron chi connectivity index (χ0n) is 15.0. The number of fused-ring (bicyclic) bond motifs is 1. The second kappa shape index (κ2) is 7.07. The molecule has 26 heavy (non-hydrogen) atoms. The second-order valence-corrected chi connectivity index (χ2v) is 8.19. The molecule has 0 amide bonds. The third kappa shape index (κ3) is 3.58. The average molecular weight is 375 g/mol. The average Bonchev–Trinajstić information content (AvgIpc) is 2.91. The normalized spacial score (nSPS) is 16.4. The summed E-state index contributed by atoms with van der Waals surface area (Å²) in [7, 11) is -2.26. The summed E-state index contributed by atoms with van der Waals surface area (Å²) in [6.45, 7) is 3.48. The lowest BCUT2D eigenvalue weighted by atomic mass is 9.97. The van der Waals surface area contributed by atoms with Gasteiger partial charge in [0.15, 0.2) is 17.3 Å². The van der Waals surface area contributed by atoms with Crippen LogP contribution >= 0.6 is 0 Å². The number of ketones is 1. The Kier molecular flexibility index (Phi) is 5.00. The van der Waals surface area contributed by atoms with E-state index in [0.29, 0.717) is 18.4 Å². The molecule has 0 aliphatic heterocycles. The van der Waals surface area contributed by atoms with Crippen LogP contribution in [0.3, 0.4) is 0 Å². The number of carbonyl (C=O) groups excluding carboxylic acids is 1. The molecule has 1 atom stereocenters. The highest BCUT2D eigenvalue weighted by atomic mass is 32.2. The van der Waals surface area contributed by atoms with E-state index in [1.807, 2.05) is 19.1 Å². The van der Waals surface area contributed by atoms with Crippen LogP contribution in [0, 0.1) is 12.8 Å². The molecular weight excluding hydrogens is 354 g/mol. The smallest absolute Gasteiger partial charge is 0.309 e. The van der Waals surface area contributed by atoms with Gasteiger partial charge < -0.3 is 8.92 Å². The summed E-state index contributed by atoms with van der Waals surface area (Å²) < 4.78 is 33.9. The summed E-state index contributed by atoms with van der Waals surface area (Å²) in [5.41, 5.74) is 3.28. The number of methoxy groups -OCH3 is 1. The zero-order valence-corrected chi connectivity index (χ0v) is 15.8. The Morgan fingerprint density at radius 2 is 2.04 bits per heavy atom. The van der Waals surface area contributed by atoms with Crippen LogP contribution in [0.15, 0.2) is 30.5 Å². The van der Waals surface area contributed by atoms with Gasteiger partial charge >= 0.3 is 10.1 Å². The monoisotopic (exact) mass is 375 g/mol. The number of ether oxygens (including phenoxy) is 1. The number of carbonyl (C=O) groups is 1. The van der Waals surface area contributed by atoms with Crippen molar-refractivity contribution in [3.05, 3.63) is 52.8 Å². The predicted molar refractivity (Wildman–Crippen MR) is 97.3 cm³/mol. The highest BCUT2D eigenvalue weighted by Crippen LogP contribution is 2.38. The molecule has 0 N–H and O–H groups in total. The number of hydrogen-bond acceptors (Lipinski definition) is 6. The van der Waals surface area contributed by atoms with Gasteiger partial charge in [0, 0.05) is 29.8 Å². The van der Waals surface area contributed by atoms with Crippen molar-refractivity contribution in [3.8, 4) is 11.5 Å². The first kappa shape index (κ1) is 18.4. The summed E-state index contributed by atoms with van der Waals surface area (Å²) >= 11 is 0. The van der Waals surface area contributed by atoms with Crippen LogP contribution in [0.5, 0.6) is 11.5 Å². The molecule has 3 rings (SSSR count). The largest absolute Gasteiger partial charge is 0.493 e. The van der Waals surface area contributed by atoms with Crippen LogP contribution in [0.2, 0.25) is 0 Å². The minimum atomic E-state index is -3.68. The van der Waals surface area contributed by atoms with E-state index in [2.05, 4.69) is 4.98 Å². The van der Waals surface area contributed by atoms with E-state index in [1.54, 1.807) is 18.3 Å². The van der Waals surface area contributed by atoms with E-state index in [9.17, 15) is 13.2 Å². The van der Waals surface area contributed by atoms with E-state index in [4.69, 9.17) is 8.92 Å². The van der Waals surface area contributed by atoms with Crippen LogP contribution in [-0.2, 0) is 23.0 Å². The number of aryl methyl sites for hydroxylation is 1. The Morgan fingerprint density at radius 3 is 2.69 bits per heavy atom. The van der Waals surface area contributed by atoms with Gasteiger partial charge in [-0.05, 0) is 49.6 Å². The minimum Gasteiger partial charge on any atom is -0.493 e. The molecule has 0 saturated carbocycles. The molecule has 1 aliphatic rings. The fraction of sp³-hybridized carbons (Fsp3) is 0.368. The molecule has 1 aromatic heterocycles. The third-order valence-corrected chi connectivity index (χ3v) is 5.76. The molecule has 0 bridgehead atoms. The number of hydrogen-bond donors (Lipinski definition) is 0. The third-order valence-electron chi connectivity index (χ3n) is 4.62. The Balaban J connectivity index is 1.91. The summed E-state index contributed by atoms with van der Waals surface area (Å²) in [6.07, 6.45) is 2.79. The first-order valence-electron chi connectivity index (χ1n) is 8.42. The number of benzene rings is 1. The Bertz CT molecular complexity index is 952. The molecule has 1 aromatic carbocycles. The van der Waals surface area contributed by atoms with Gasteiger partial charge in [0.2, 0.25) is 0 Å². The molecule has 0 saturated heterocycles. The fourth-order valence-electron chi connectivity index (χ4n) is 3.13. The molecule has 2 aromatic rings.